The topological polar surface area (TPSA) is 52.7 Å². The lowest BCUT2D eigenvalue weighted by molar-refractivity contribution is 0.0762. The lowest BCUT2D eigenvalue weighted by Gasteiger charge is -2.34. The summed E-state index contributed by atoms with van der Waals surface area (Å²) >= 11 is 6.17. The van der Waals surface area contributed by atoms with Gasteiger partial charge in [0.1, 0.15) is 0 Å². The predicted molar refractivity (Wildman–Crippen MR) is 108 cm³/mol. The minimum atomic E-state index is -0.0576. The maximum atomic E-state index is 12.8. The molecule has 148 valence electrons. The summed E-state index contributed by atoms with van der Waals surface area (Å²) in [6, 6.07) is 7.40. The Morgan fingerprint density at radius 2 is 1.74 bits per heavy atom. The monoisotopic (exact) mass is 391 g/mol. The van der Waals surface area contributed by atoms with Crippen LogP contribution in [0.1, 0.15) is 49.9 Å². The van der Waals surface area contributed by atoms with Crippen LogP contribution in [-0.4, -0.2) is 54.0 Å². The first-order valence-electron chi connectivity index (χ1n) is 10.0. The van der Waals surface area contributed by atoms with Crippen molar-refractivity contribution in [3.63, 3.8) is 0 Å². The van der Waals surface area contributed by atoms with Crippen molar-refractivity contribution in [2.45, 2.75) is 45.6 Å². The van der Waals surface area contributed by atoms with Gasteiger partial charge in [0.15, 0.2) is 0 Å². The molecule has 1 aliphatic carbocycles. The van der Waals surface area contributed by atoms with Crippen LogP contribution < -0.4 is 5.32 Å². The third kappa shape index (κ3) is 4.95. The molecule has 27 heavy (non-hydrogen) atoms. The van der Waals surface area contributed by atoms with Gasteiger partial charge in [0.25, 0.3) is 5.91 Å². The van der Waals surface area contributed by atoms with E-state index in [1.807, 2.05) is 17.0 Å². The molecule has 3 rings (SSSR count). The van der Waals surface area contributed by atoms with Gasteiger partial charge >= 0.3 is 6.03 Å². The highest BCUT2D eigenvalue weighted by molar-refractivity contribution is 6.33. The minimum absolute atomic E-state index is 0.00782. The summed E-state index contributed by atoms with van der Waals surface area (Å²) in [6.07, 6.45) is 4.18. The molecule has 1 saturated carbocycles. The summed E-state index contributed by atoms with van der Waals surface area (Å²) in [7, 11) is 0. The molecular formula is C21H30ClN3O2. The molecule has 1 aromatic rings. The highest BCUT2D eigenvalue weighted by Crippen LogP contribution is 2.28. The van der Waals surface area contributed by atoms with Gasteiger partial charge in [0.05, 0.1) is 10.6 Å². The van der Waals surface area contributed by atoms with Crippen molar-refractivity contribution in [2.75, 3.05) is 26.2 Å². The van der Waals surface area contributed by atoms with Crippen LogP contribution in [0.15, 0.2) is 24.3 Å². The third-order valence-electron chi connectivity index (χ3n) is 5.91. The summed E-state index contributed by atoms with van der Waals surface area (Å²) in [5.41, 5.74) is 0.530. The van der Waals surface area contributed by atoms with Crippen LogP contribution in [0.2, 0.25) is 5.02 Å². The molecule has 2 fully saturated rings. The van der Waals surface area contributed by atoms with Gasteiger partial charge in [-0.3, -0.25) is 4.79 Å². The highest BCUT2D eigenvalue weighted by Gasteiger charge is 2.29. The van der Waals surface area contributed by atoms with E-state index in [1.54, 1.807) is 17.0 Å². The SMILES string of the molecule is CC1CCC(NC(=O)N2CCCN(C(=O)c3ccccc3Cl)CC2)C(C)C1. The summed E-state index contributed by atoms with van der Waals surface area (Å²) in [4.78, 5) is 29.2. The number of nitrogens with one attached hydrogen (secondary N) is 1. The molecule has 0 bridgehead atoms. The number of carbonyl (C=O) groups excluding carboxylic acids is 2. The van der Waals surface area contributed by atoms with Gasteiger partial charge in [0, 0.05) is 32.2 Å². The Morgan fingerprint density at radius 3 is 2.48 bits per heavy atom. The number of urea groups is 1. The minimum Gasteiger partial charge on any atom is -0.337 e. The van der Waals surface area contributed by atoms with Crippen LogP contribution in [0, 0.1) is 11.8 Å². The molecule has 2 aliphatic rings. The number of halogens is 1. The van der Waals surface area contributed by atoms with E-state index >= 15 is 0 Å². The van der Waals surface area contributed by atoms with E-state index in [9.17, 15) is 9.59 Å². The van der Waals surface area contributed by atoms with Crippen LogP contribution in [0.4, 0.5) is 4.79 Å². The Balaban J connectivity index is 1.56. The molecular weight excluding hydrogens is 362 g/mol. The fourth-order valence-corrected chi connectivity index (χ4v) is 4.47. The van der Waals surface area contributed by atoms with E-state index in [0.29, 0.717) is 42.7 Å². The molecule has 6 heteroatoms. The van der Waals surface area contributed by atoms with Crippen LogP contribution in [0.5, 0.6) is 0 Å². The van der Waals surface area contributed by atoms with Gasteiger partial charge in [-0.25, -0.2) is 4.79 Å². The van der Waals surface area contributed by atoms with Crippen molar-refractivity contribution < 1.29 is 9.59 Å². The number of rotatable bonds is 2. The van der Waals surface area contributed by atoms with Gasteiger partial charge in [-0.1, -0.05) is 37.6 Å². The smallest absolute Gasteiger partial charge is 0.317 e. The lowest BCUT2D eigenvalue weighted by Crippen LogP contribution is -2.49. The van der Waals surface area contributed by atoms with E-state index in [-0.39, 0.29) is 18.0 Å². The Labute approximate surface area is 167 Å². The molecule has 0 spiro atoms. The molecule has 3 atom stereocenters. The fourth-order valence-electron chi connectivity index (χ4n) is 4.26. The molecule has 1 N–H and O–H groups in total. The molecule has 3 unspecified atom stereocenters. The highest BCUT2D eigenvalue weighted by atomic mass is 35.5. The van der Waals surface area contributed by atoms with E-state index < -0.39 is 0 Å². The molecule has 1 aromatic carbocycles. The zero-order valence-corrected chi connectivity index (χ0v) is 17.0. The van der Waals surface area contributed by atoms with E-state index in [2.05, 4.69) is 19.2 Å². The number of hydrogen-bond donors (Lipinski definition) is 1. The maximum absolute atomic E-state index is 12.8. The van der Waals surface area contributed by atoms with Crippen LogP contribution in [0.3, 0.4) is 0 Å². The Kier molecular flexibility index (Phi) is 6.64. The van der Waals surface area contributed by atoms with Crippen molar-refractivity contribution in [2.24, 2.45) is 11.8 Å². The van der Waals surface area contributed by atoms with Gasteiger partial charge in [0.2, 0.25) is 0 Å². The Bertz CT molecular complexity index is 681. The van der Waals surface area contributed by atoms with E-state index in [4.69, 9.17) is 11.6 Å². The van der Waals surface area contributed by atoms with Crippen molar-refractivity contribution >= 4 is 23.5 Å². The molecule has 3 amide bonds. The largest absolute Gasteiger partial charge is 0.337 e. The second kappa shape index (κ2) is 8.96. The standard InChI is InChI=1S/C21H30ClN3O2/c1-15-8-9-19(16(2)14-15)23-21(27)25-11-5-10-24(12-13-25)20(26)17-6-3-4-7-18(17)22/h3-4,6-7,15-16,19H,5,8-14H2,1-2H3,(H,23,27). The summed E-state index contributed by atoms with van der Waals surface area (Å²) < 4.78 is 0. The number of hydrogen-bond acceptors (Lipinski definition) is 2. The molecule has 0 radical (unpaired) electrons. The first-order chi connectivity index (χ1) is 13.0. The lowest BCUT2D eigenvalue weighted by atomic mass is 9.80. The van der Waals surface area contributed by atoms with Gasteiger partial charge in [-0.2, -0.15) is 0 Å². The zero-order valence-electron chi connectivity index (χ0n) is 16.3. The van der Waals surface area contributed by atoms with Crippen molar-refractivity contribution in [1.82, 2.24) is 15.1 Å². The Morgan fingerprint density at radius 1 is 1.04 bits per heavy atom. The van der Waals surface area contributed by atoms with Crippen molar-refractivity contribution in [3.05, 3.63) is 34.9 Å². The van der Waals surface area contributed by atoms with Crippen LogP contribution in [0.25, 0.3) is 0 Å². The van der Waals surface area contributed by atoms with Crippen LogP contribution >= 0.6 is 11.6 Å². The second-order valence-electron chi connectivity index (χ2n) is 8.06. The first kappa shape index (κ1) is 20.0. The average molecular weight is 392 g/mol. The quantitative estimate of drug-likeness (QED) is 0.827. The number of benzene rings is 1. The zero-order chi connectivity index (χ0) is 19.4. The first-order valence-corrected chi connectivity index (χ1v) is 10.4. The maximum Gasteiger partial charge on any atom is 0.317 e. The molecule has 1 saturated heterocycles. The third-order valence-corrected chi connectivity index (χ3v) is 6.24. The molecule has 1 aliphatic heterocycles. The Hall–Kier alpha value is -1.75. The summed E-state index contributed by atoms with van der Waals surface area (Å²) in [5.74, 6) is 1.21. The van der Waals surface area contributed by atoms with Gasteiger partial charge < -0.3 is 15.1 Å². The number of carbonyl (C=O) groups is 2. The van der Waals surface area contributed by atoms with Gasteiger partial charge in [-0.15, -0.1) is 0 Å². The predicted octanol–water partition coefficient (Wildman–Crippen LogP) is 4.02. The van der Waals surface area contributed by atoms with E-state index in [1.165, 1.54) is 12.8 Å². The average Bonchev–Trinajstić information content (AvgIpc) is 2.90. The molecule has 5 nitrogen and oxygen atoms in total. The fraction of sp³-hybridized carbons (Fsp3) is 0.619. The molecule has 1 heterocycles. The van der Waals surface area contributed by atoms with Crippen molar-refractivity contribution in [1.29, 1.82) is 0 Å². The van der Waals surface area contributed by atoms with Crippen LogP contribution in [-0.2, 0) is 0 Å². The van der Waals surface area contributed by atoms with Gasteiger partial charge in [-0.05, 0) is 49.7 Å². The molecule has 0 aromatic heterocycles. The second-order valence-corrected chi connectivity index (χ2v) is 8.47. The summed E-state index contributed by atoms with van der Waals surface area (Å²) in [5, 5.41) is 3.71. The number of amides is 3. The summed E-state index contributed by atoms with van der Waals surface area (Å²) in [6.45, 7) is 6.93. The van der Waals surface area contributed by atoms with E-state index in [0.717, 1.165) is 18.8 Å². The number of nitrogens with zero attached hydrogens (tertiary/aromatic N) is 2. The normalized spacial score (nSPS) is 26.4. The van der Waals surface area contributed by atoms with Crippen molar-refractivity contribution in [3.8, 4) is 0 Å².